The van der Waals surface area contributed by atoms with Crippen molar-refractivity contribution >= 4 is 23.9 Å². The van der Waals surface area contributed by atoms with E-state index in [4.69, 9.17) is 28.4 Å². The van der Waals surface area contributed by atoms with Gasteiger partial charge in [-0.25, -0.2) is 19.2 Å². The third-order valence-electron chi connectivity index (χ3n) is 11.5. The number of hydrogen-bond donors (Lipinski definition) is 0. The van der Waals surface area contributed by atoms with Crippen molar-refractivity contribution in [2.75, 3.05) is 27.4 Å². The first-order valence-corrected chi connectivity index (χ1v) is 21.6. The van der Waals surface area contributed by atoms with Crippen LogP contribution in [-0.4, -0.2) is 63.5 Å². The summed E-state index contributed by atoms with van der Waals surface area (Å²) in [6.07, 6.45) is 25.3. The predicted molar refractivity (Wildman–Crippen MR) is 224 cm³/mol. The monoisotopic (exact) mass is 802 g/mol. The first-order chi connectivity index (χ1) is 28.2. The molecule has 2 aromatic rings. The maximum Gasteiger partial charge on any atom is 0.351 e. The van der Waals surface area contributed by atoms with Crippen molar-refractivity contribution in [1.82, 2.24) is 0 Å². The van der Waals surface area contributed by atoms with E-state index in [1.165, 1.54) is 127 Å². The van der Waals surface area contributed by atoms with Crippen molar-refractivity contribution in [2.24, 2.45) is 23.7 Å². The van der Waals surface area contributed by atoms with Crippen LogP contribution in [0.15, 0.2) is 72.8 Å². The van der Waals surface area contributed by atoms with E-state index in [-0.39, 0.29) is 11.1 Å². The number of esters is 4. The minimum absolute atomic E-state index is 0.0815. The van der Waals surface area contributed by atoms with Crippen LogP contribution >= 0.6 is 0 Å². The van der Waals surface area contributed by atoms with E-state index >= 15 is 0 Å². The zero-order chi connectivity index (χ0) is 41.5. The van der Waals surface area contributed by atoms with Gasteiger partial charge < -0.3 is 28.4 Å². The molecule has 318 valence electrons. The summed E-state index contributed by atoms with van der Waals surface area (Å²) in [6, 6.07) is 12.4. The van der Waals surface area contributed by atoms with Crippen molar-refractivity contribution in [1.29, 1.82) is 0 Å². The molecule has 2 aromatic carbocycles. The summed E-state index contributed by atoms with van der Waals surface area (Å²) in [5.41, 5.74) is 0.163. The Bertz CT molecular complexity index is 1460. The molecule has 4 rings (SSSR count). The highest BCUT2D eigenvalue weighted by Crippen LogP contribution is 2.34. The fourth-order valence-electron chi connectivity index (χ4n) is 7.93. The second-order valence-electron chi connectivity index (χ2n) is 15.8. The number of carbonyl (C=O) groups is 4. The molecule has 2 atom stereocenters. The van der Waals surface area contributed by atoms with Crippen molar-refractivity contribution in [3.05, 3.63) is 84.0 Å². The van der Waals surface area contributed by atoms with Gasteiger partial charge in [0.25, 0.3) is 0 Å². The highest BCUT2D eigenvalue weighted by Gasteiger charge is 2.42. The third-order valence-corrected chi connectivity index (χ3v) is 11.5. The Labute approximate surface area is 346 Å². The maximum absolute atomic E-state index is 13.2. The number of hydrogen-bond acceptors (Lipinski definition) is 10. The van der Waals surface area contributed by atoms with Crippen LogP contribution in [0.1, 0.15) is 137 Å². The molecule has 2 aliphatic carbocycles. The largest absolute Gasteiger partial charge is 0.490 e. The average molecular weight is 803 g/mol. The van der Waals surface area contributed by atoms with E-state index in [0.717, 1.165) is 26.1 Å². The summed E-state index contributed by atoms with van der Waals surface area (Å²) < 4.78 is 32.2. The van der Waals surface area contributed by atoms with Crippen LogP contribution in [0.4, 0.5) is 0 Å². The van der Waals surface area contributed by atoms with Gasteiger partial charge >= 0.3 is 23.9 Å². The fourth-order valence-corrected chi connectivity index (χ4v) is 7.93. The second-order valence-corrected chi connectivity index (χ2v) is 15.8. The molecule has 0 bridgehead atoms. The molecule has 2 aliphatic rings. The molecule has 0 saturated heterocycles. The Kier molecular flexibility index (Phi) is 20.4. The van der Waals surface area contributed by atoms with Gasteiger partial charge in [0.15, 0.2) is 0 Å². The predicted octanol–water partition coefficient (Wildman–Crippen LogP) is 10.4. The highest BCUT2D eigenvalue weighted by atomic mass is 16.6. The van der Waals surface area contributed by atoms with Crippen molar-refractivity contribution in [3.8, 4) is 11.5 Å². The summed E-state index contributed by atoms with van der Waals surface area (Å²) in [6.45, 7) is 5.28. The summed E-state index contributed by atoms with van der Waals surface area (Å²) in [7, 11) is 2.13. The number of benzene rings is 2. The molecule has 0 heterocycles. The Morgan fingerprint density at radius 2 is 0.914 bits per heavy atom. The minimum atomic E-state index is -1.94. The Morgan fingerprint density at radius 1 is 0.552 bits per heavy atom. The van der Waals surface area contributed by atoms with Gasteiger partial charge in [0, 0.05) is 0 Å². The Balaban J connectivity index is 1.25. The van der Waals surface area contributed by atoms with Crippen LogP contribution in [0, 0.1) is 23.7 Å². The lowest BCUT2D eigenvalue weighted by Crippen LogP contribution is -2.47. The van der Waals surface area contributed by atoms with E-state index in [1.54, 1.807) is 24.3 Å². The number of carbonyl (C=O) groups excluding carboxylic acids is 4. The Morgan fingerprint density at radius 3 is 1.24 bits per heavy atom. The number of ether oxygens (including phenoxy) is 6. The first-order valence-electron chi connectivity index (χ1n) is 21.6. The van der Waals surface area contributed by atoms with Gasteiger partial charge in [-0.15, -0.1) is 0 Å². The SMILES string of the molecule is CCCCCC1CCC(/C=C/COc2ccc(C(=O)O[C@@H](C(=O)OC)[C@@H](OC(=O)c3ccc(OC/C=C/C4CCC(CCCCC)CC4)cc3)C(=O)OC)cc2)CC1. The molecular formula is C48H66O10. The van der Waals surface area contributed by atoms with Crippen LogP contribution in [0.3, 0.4) is 0 Å². The van der Waals surface area contributed by atoms with Crippen LogP contribution < -0.4 is 9.47 Å². The number of rotatable bonds is 23. The van der Waals surface area contributed by atoms with Crippen molar-refractivity contribution < 1.29 is 47.6 Å². The van der Waals surface area contributed by atoms with Crippen molar-refractivity contribution in [3.63, 3.8) is 0 Å². The number of unbranched alkanes of at least 4 members (excludes halogenated alkanes) is 4. The molecule has 0 radical (unpaired) electrons. The van der Waals surface area contributed by atoms with Crippen LogP contribution in [0.2, 0.25) is 0 Å². The summed E-state index contributed by atoms with van der Waals surface area (Å²) in [4.78, 5) is 52.0. The molecule has 0 aromatic heterocycles. The van der Waals surface area contributed by atoms with Gasteiger partial charge in [-0.05, 0) is 124 Å². The Hall–Kier alpha value is -4.60. The molecule has 10 nitrogen and oxygen atoms in total. The van der Waals surface area contributed by atoms with E-state index in [1.807, 2.05) is 12.2 Å². The standard InChI is InChI=1S/C48H66O10/c1-5-7-9-13-35-17-21-37(22-18-35)15-11-33-55-41-29-25-39(26-30-41)45(49)57-43(47(51)53-3)44(48(52)54-4)58-46(50)40-27-31-42(32-28-40)56-34-12-16-38-23-19-36(20-24-38)14-10-8-6-2/h11-12,15-16,25-32,35-38,43-44H,5-10,13-14,17-24,33-34H2,1-4H3/b15-11+,16-12+/t35?,36?,37?,38?,43-,44-/m1/s1. The summed E-state index contributed by atoms with van der Waals surface area (Å²) in [5, 5.41) is 0. The van der Waals surface area contributed by atoms with Crippen LogP contribution in [0.5, 0.6) is 11.5 Å². The zero-order valence-corrected chi connectivity index (χ0v) is 35.2. The molecule has 58 heavy (non-hydrogen) atoms. The highest BCUT2D eigenvalue weighted by molar-refractivity contribution is 5.96. The van der Waals surface area contributed by atoms with E-state index in [2.05, 4.69) is 26.0 Å². The minimum Gasteiger partial charge on any atom is -0.490 e. The lowest BCUT2D eigenvalue weighted by atomic mass is 9.79. The van der Waals surface area contributed by atoms with Gasteiger partial charge in [0.05, 0.1) is 25.3 Å². The van der Waals surface area contributed by atoms with Gasteiger partial charge in [0.1, 0.15) is 24.7 Å². The molecule has 2 saturated carbocycles. The van der Waals surface area contributed by atoms with E-state index in [0.29, 0.717) is 36.5 Å². The quantitative estimate of drug-likeness (QED) is 0.0464. The van der Waals surface area contributed by atoms with E-state index in [9.17, 15) is 19.2 Å². The topological polar surface area (TPSA) is 124 Å². The van der Waals surface area contributed by atoms with Crippen LogP contribution in [-0.2, 0) is 28.5 Å². The molecule has 0 amide bonds. The smallest absolute Gasteiger partial charge is 0.351 e. The van der Waals surface area contributed by atoms with Gasteiger partial charge in [-0.3, -0.25) is 0 Å². The normalized spacial score (nSPS) is 20.6. The molecule has 10 heteroatoms. The molecule has 0 spiro atoms. The van der Waals surface area contributed by atoms with Gasteiger partial charge in [-0.2, -0.15) is 0 Å². The second kappa shape index (κ2) is 25.7. The van der Waals surface area contributed by atoms with Gasteiger partial charge in [-0.1, -0.05) is 89.5 Å². The molecule has 0 unspecified atom stereocenters. The summed E-state index contributed by atoms with van der Waals surface area (Å²) in [5.74, 6) is -0.117. The zero-order valence-electron chi connectivity index (χ0n) is 35.2. The lowest BCUT2D eigenvalue weighted by Gasteiger charge is -2.26. The van der Waals surface area contributed by atoms with E-state index < -0.39 is 36.1 Å². The van der Waals surface area contributed by atoms with Crippen LogP contribution in [0.25, 0.3) is 0 Å². The molecule has 2 fully saturated rings. The molecule has 0 N–H and O–H groups in total. The number of methoxy groups -OCH3 is 2. The first kappa shape index (κ1) is 46.1. The average Bonchev–Trinajstić information content (AvgIpc) is 3.26. The molecular weight excluding hydrogens is 737 g/mol. The van der Waals surface area contributed by atoms with Crippen molar-refractivity contribution in [2.45, 2.75) is 129 Å². The van der Waals surface area contributed by atoms with Gasteiger partial charge in [0.2, 0.25) is 12.2 Å². The lowest BCUT2D eigenvalue weighted by molar-refractivity contribution is -0.170. The fraction of sp³-hybridized carbons (Fsp3) is 0.583. The number of allylic oxidation sites excluding steroid dienone is 2. The molecule has 0 aliphatic heterocycles. The third kappa shape index (κ3) is 15.6. The summed E-state index contributed by atoms with van der Waals surface area (Å²) >= 11 is 0. The maximum atomic E-state index is 13.2.